The number of methoxy groups -OCH3 is 1. The lowest BCUT2D eigenvalue weighted by Gasteiger charge is -2.31. The number of para-hydroxylation sites is 1. The van der Waals surface area contributed by atoms with Crippen LogP contribution in [0.25, 0.3) is 0 Å². The van der Waals surface area contributed by atoms with Crippen LogP contribution in [0.15, 0.2) is 29.3 Å². The first kappa shape index (κ1) is 24.4. The van der Waals surface area contributed by atoms with Crippen molar-refractivity contribution in [3.05, 3.63) is 29.8 Å². The van der Waals surface area contributed by atoms with Crippen LogP contribution in [0.5, 0.6) is 5.75 Å². The summed E-state index contributed by atoms with van der Waals surface area (Å²) in [6, 6.07) is 8.51. The lowest BCUT2D eigenvalue weighted by atomic mass is 9.85. The fourth-order valence-electron chi connectivity index (χ4n) is 5.16. The fraction of sp³-hybridized carbons (Fsp3) is 0.680. The van der Waals surface area contributed by atoms with E-state index in [0.717, 1.165) is 63.6 Å². The lowest BCUT2D eigenvalue weighted by molar-refractivity contribution is -0.138. The molecular formula is C25H41N5O2. The summed E-state index contributed by atoms with van der Waals surface area (Å²) in [5.74, 6) is 1.91. The van der Waals surface area contributed by atoms with Gasteiger partial charge < -0.3 is 20.3 Å². The van der Waals surface area contributed by atoms with Gasteiger partial charge in [0.05, 0.1) is 25.1 Å². The predicted octanol–water partition coefficient (Wildman–Crippen LogP) is 3.04. The molecule has 1 amide bonds. The second-order valence-electron chi connectivity index (χ2n) is 9.26. The number of benzene rings is 1. The van der Waals surface area contributed by atoms with Gasteiger partial charge in [-0.25, -0.2) is 0 Å². The van der Waals surface area contributed by atoms with Crippen LogP contribution in [0.3, 0.4) is 0 Å². The Morgan fingerprint density at radius 3 is 2.47 bits per heavy atom. The number of ether oxygens (including phenoxy) is 1. The van der Waals surface area contributed by atoms with E-state index in [-0.39, 0.29) is 17.4 Å². The van der Waals surface area contributed by atoms with E-state index in [1.54, 1.807) is 12.0 Å². The average Bonchev–Trinajstić information content (AvgIpc) is 3.50. The van der Waals surface area contributed by atoms with Gasteiger partial charge in [0, 0.05) is 32.7 Å². The van der Waals surface area contributed by atoms with Gasteiger partial charge in [-0.1, -0.05) is 31.0 Å². The normalized spacial score (nSPS) is 19.6. The largest absolute Gasteiger partial charge is 0.496 e. The van der Waals surface area contributed by atoms with E-state index < -0.39 is 0 Å². The monoisotopic (exact) mass is 443 g/mol. The molecule has 1 saturated heterocycles. The molecule has 0 spiro atoms. The maximum Gasteiger partial charge on any atom is 0.230 e. The van der Waals surface area contributed by atoms with Gasteiger partial charge in [0.15, 0.2) is 5.96 Å². The van der Waals surface area contributed by atoms with Crippen LogP contribution in [0.1, 0.15) is 57.1 Å². The number of likely N-dealkylation sites (tertiary alicyclic amines) is 1. The number of aliphatic imine (C=N–C) groups is 1. The second kappa shape index (κ2) is 11.5. The van der Waals surface area contributed by atoms with Crippen molar-refractivity contribution in [1.82, 2.24) is 20.4 Å². The molecule has 2 fully saturated rings. The summed E-state index contributed by atoms with van der Waals surface area (Å²) in [5, 5.41) is 6.96. The Morgan fingerprint density at radius 1 is 1.16 bits per heavy atom. The molecule has 1 aliphatic heterocycles. The Hall–Kier alpha value is -2.28. The molecule has 1 heterocycles. The second-order valence-corrected chi connectivity index (χ2v) is 9.26. The fourth-order valence-corrected chi connectivity index (χ4v) is 5.16. The maximum atomic E-state index is 12.9. The van der Waals surface area contributed by atoms with Crippen LogP contribution in [0.2, 0.25) is 0 Å². The van der Waals surface area contributed by atoms with E-state index in [1.165, 1.54) is 18.4 Å². The Bertz CT molecular complexity index is 767. The van der Waals surface area contributed by atoms with Crippen LogP contribution < -0.4 is 15.4 Å². The number of rotatable bonds is 9. The third kappa shape index (κ3) is 5.74. The number of hydrogen-bond donors (Lipinski definition) is 2. The van der Waals surface area contributed by atoms with Crippen molar-refractivity contribution in [2.24, 2.45) is 10.4 Å². The molecule has 2 N–H and O–H groups in total. The van der Waals surface area contributed by atoms with Gasteiger partial charge >= 0.3 is 0 Å². The number of hydrogen-bond acceptors (Lipinski definition) is 4. The van der Waals surface area contributed by atoms with E-state index in [4.69, 9.17) is 9.73 Å². The summed E-state index contributed by atoms with van der Waals surface area (Å²) in [6.45, 7) is 6.31. The molecule has 7 nitrogen and oxygen atoms in total. The number of amides is 1. The smallest absolute Gasteiger partial charge is 0.230 e. The minimum Gasteiger partial charge on any atom is -0.496 e. The highest BCUT2D eigenvalue weighted by Gasteiger charge is 2.42. The highest BCUT2D eigenvalue weighted by molar-refractivity contribution is 5.84. The van der Waals surface area contributed by atoms with Crippen molar-refractivity contribution in [2.45, 2.75) is 51.5 Å². The molecule has 178 valence electrons. The Balaban J connectivity index is 1.76. The zero-order chi connectivity index (χ0) is 23.0. The minimum absolute atomic E-state index is 0.207. The standard InChI is InChI=1S/C25H41N5O2/c1-5-26-24(28-19-25(14-8-9-15-25)23(31)29(2)3)27-18-21(30-16-10-11-17-30)20-12-6-7-13-22(20)32-4/h6-7,12-13,21H,5,8-11,14-19H2,1-4H3,(H2,26,27,28). The van der Waals surface area contributed by atoms with E-state index in [2.05, 4.69) is 34.6 Å². The molecule has 0 bridgehead atoms. The van der Waals surface area contributed by atoms with Crippen molar-refractivity contribution >= 4 is 11.9 Å². The molecule has 1 saturated carbocycles. The van der Waals surface area contributed by atoms with Gasteiger partial charge in [-0.2, -0.15) is 0 Å². The number of guanidine groups is 1. The van der Waals surface area contributed by atoms with Crippen LogP contribution in [0, 0.1) is 5.41 Å². The van der Waals surface area contributed by atoms with E-state index in [0.29, 0.717) is 6.54 Å². The Morgan fingerprint density at radius 2 is 1.84 bits per heavy atom. The first-order valence-corrected chi connectivity index (χ1v) is 12.1. The number of carbonyl (C=O) groups excluding carboxylic acids is 1. The van der Waals surface area contributed by atoms with Crippen molar-refractivity contribution in [3.8, 4) is 5.75 Å². The number of nitrogens with one attached hydrogen (secondary N) is 2. The third-order valence-corrected chi connectivity index (χ3v) is 6.85. The van der Waals surface area contributed by atoms with E-state index in [9.17, 15) is 4.79 Å². The summed E-state index contributed by atoms with van der Waals surface area (Å²) in [7, 11) is 5.44. The zero-order valence-electron chi connectivity index (χ0n) is 20.3. The van der Waals surface area contributed by atoms with Crippen molar-refractivity contribution in [2.75, 3.05) is 53.9 Å². The van der Waals surface area contributed by atoms with Crippen molar-refractivity contribution in [3.63, 3.8) is 0 Å². The molecule has 0 radical (unpaired) electrons. The minimum atomic E-state index is -0.358. The van der Waals surface area contributed by atoms with E-state index in [1.807, 2.05) is 26.2 Å². The molecule has 1 aliphatic carbocycles. The highest BCUT2D eigenvalue weighted by atomic mass is 16.5. The molecule has 1 unspecified atom stereocenters. The summed E-state index contributed by atoms with van der Waals surface area (Å²) >= 11 is 0. The van der Waals surface area contributed by atoms with Gasteiger partial charge in [-0.3, -0.25) is 14.7 Å². The molecule has 0 aromatic heterocycles. The van der Waals surface area contributed by atoms with Gasteiger partial charge in [0.2, 0.25) is 5.91 Å². The Kier molecular flexibility index (Phi) is 8.79. The van der Waals surface area contributed by atoms with Crippen molar-refractivity contribution < 1.29 is 9.53 Å². The molecule has 1 aromatic rings. The molecule has 2 aliphatic rings. The Labute approximate surface area is 193 Å². The summed E-state index contributed by atoms with van der Waals surface area (Å²) in [5.41, 5.74) is 0.846. The predicted molar refractivity (Wildman–Crippen MR) is 130 cm³/mol. The first-order valence-electron chi connectivity index (χ1n) is 12.1. The van der Waals surface area contributed by atoms with Gasteiger partial charge in [-0.15, -0.1) is 0 Å². The van der Waals surface area contributed by atoms with E-state index >= 15 is 0 Å². The van der Waals surface area contributed by atoms with Gasteiger partial charge in [0.1, 0.15) is 5.75 Å². The number of nitrogens with zero attached hydrogens (tertiary/aromatic N) is 3. The van der Waals surface area contributed by atoms with Gasteiger partial charge in [-0.05, 0) is 51.8 Å². The molecule has 3 rings (SSSR count). The highest BCUT2D eigenvalue weighted by Crippen LogP contribution is 2.39. The summed E-state index contributed by atoms with van der Waals surface area (Å²) in [6.07, 6.45) is 6.51. The number of carbonyl (C=O) groups is 1. The summed E-state index contributed by atoms with van der Waals surface area (Å²) < 4.78 is 5.67. The topological polar surface area (TPSA) is 69.2 Å². The van der Waals surface area contributed by atoms with Crippen LogP contribution >= 0.6 is 0 Å². The molecule has 32 heavy (non-hydrogen) atoms. The van der Waals surface area contributed by atoms with Crippen LogP contribution in [-0.2, 0) is 4.79 Å². The molecular weight excluding hydrogens is 402 g/mol. The van der Waals surface area contributed by atoms with Gasteiger partial charge in [0.25, 0.3) is 0 Å². The SMILES string of the molecule is CCNC(=NCC1(C(=O)N(C)C)CCCC1)NCC(c1ccccc1OC)N1CCCC1. The first-order chi connectivity index (χ1) is 15.5. The maximum absolute atomic E-state index is 12.9. The lowest BCUT2D eigenvalue weighted by Crippen LogP contribution is -2.45. The molecule has 1 aromatic carbocycles. The van der Waals surface area contributed by atoms with Crippen molar-refractivity contribution in [1.29, 1.82) is 0 Å². The van der Waals surface area contributed by atoms with Crippen LogP contribution in [0.4, 0.5) is 0 Å². The quantitative estimate of drug-likeness (QED) is 0.454. The summed E-state index contributed by atoms with van der Waals surface area (Å²) in [4.78, 5) is 22.1. The average molecular weight is 444 g/mol. The molecule has 7 heteroatoms. The third-order valence-electron chi connectivity index (χ3n) is 6.85. The molecule has 1 atom stereocenters. The van der Waals surface area contributed by atoms with Crippen LogP contribution in [-0.4, -0.2) is 75.6 Å². The zero-order valence-corrected chi connectivity index (χ0v) is 20.3.